The number of hydrogen-bond acceptors (Lipinski definition) is 1. The molecule has 0 spiro atoms. The highest BCUT2D eigenvalue weighted by molar-refractivity contribution is 4.86. The molecule has 0 aromatic heterocycles. The number of hydrogen-bond donors (Lipinski definition) is 0. The van der Waals surface area contributed by atoms with E-state index in [0.717, 1.165) is 12.8 Å². The molecule has 0 unspecified atom stereocenters. The van der Waals surface area contributed by atoms with Gasteiger partial charge in [-0.1, -0.05) is 20.3 Å². The van der Waals surface area contributed by atoms with E-state index >= 15 is 0 Å². The summed E-state index contributed by atoms with van der Waals surface area (Å²) < 4.78 is 18.3. The van der Waals surface area contributed by atoms with Gasteiger partial charge in [-0.05, 0) is 19.3 Å². The fourth-order valence-corrected chi connectivity index (χ4v) is 1.90. The van der Waals surface area contributed by atoms with Crippen LogP contribution in [-0.2, 0) is 4.74 Å². The van der Waals surface area contributed by atoms with Crippen LogP contribution in [0.1, 0.15) is 40.0 Å². The van der Waals surface area contributed by atoms with Gasteiger partial charge < -0.3 is 4.74 Å². The third kappa shape index (κ3) is 2.44. The first-order valence-electron chi connectivity index (χ1n) is 4.84. The summed E-state index contributed by atoms with van der Waals surface area (Å²) in [7, 11) is 0. The normalized spacial score (nSPS) is 38.5. The second-order valence-electron chi connectivity index (χ2n) is 4.28. The number of ether oxygens (including phenoxy) is 1. The van der Waals surface area contributed by atoms with E-state index in [2.05, 4.69) is 13.8 Å². The van der Waals surface area contributed by atoms with Crippen molar-refractivity contribution < 1.29 is 9.13 Å². The third-order valence-electron chi connectivity index (χ3n) is 2.74. The van der Waals surface area contributed by atoms with Gasteiger partial charge in [0, 0.05) is 6.42 Å². The molecule has 0 aromatic carbocycles. The summed E-state index contributed by atoms with van der Waals surface area (Å²) in [5.41, 5.74) is -0.186. The zero-order valence-corrected chi connectivity index (χ0v) is 8.27. The molecule has 0 radical (unpaired) electrons. The molecule has 1 heterocycles. The summed E-state index contributed by atoms with van der Waals surface area (Å²) in [6, 6.07) is 0. The van der Waals surface area contributed by atoms with E-state index in [0.29, 0.717) is 18.9 Å². The van der Waals surface area contributed by atoms with E-state index in [1.807, 2.05) is 6.92 Å². The molecule has 72 valence electrons. The Kier molecular flexibility index (Phi) is 3.10. The van der Waals surface area contributed by atoms with Crippen LogP contribution in [0.3, 0.4) is 0 Å². The smallest absolute Gasteiger partial charge is 0.126 e. The van der Waals surface area contributed by atoms with E-state index in [1.165, 1.54) is 0 Å². The summed E-state index contributed by atoms with van der Waals surface area (Å²) in [5.74, 6) is 0.639. The molecule has 1 aliphatic heterocycles. The Morgan fingerprint density at radius 3 is 2.75 bits per heavy atom. The van der Waals surface area contributed by atoms with E-state index in [-0.39, 0.29) is 5.60 Å². The van der Waals surface area contributed by atoms with Crippen LogP contribution in [0.2, 0.25) is 0 Å². The summed E-state index contributed by atoms with van der Waals surface area (Å²) in [6.07, 6.45) is 1.98. The van der Waals surface area contributed by atoms with Crippen LogP contribution in [0.25, 0.3) is 0 Å². The summed E-state index contributed by atoms with van der Waals surface area (Å²) in [5, 5.41) is 0. The quantitative estimate of drug-likeness (QED) is 0.639. The maximum absolute atomic E-state index is 12.8. The summed E-state index contributed by atoms with van der Waals surface area (Å²) in [4.78, 5) is 0. The van der Waals surface area contributed by atoms with Crippen molar-refractivity contribution in [3.05, 3.63) is 0 Å². The minimum atomic E-state index is -0.737. The lowest BCUT2D eigenvalue weighted by atomic mass is 9.89. The van der Waals surface area contributed by atoms with Gasteiger partial charge in [-0.25, -0.2) is 4.39 Å². The van der Waals surface area contributed by atoms with Crippen LogP contribution in [0, 0.1) is 5.92 Å². The first-order chi connectivity index (χ1) is 5.56. The van der Waals surface area contributed by atoms with E-state index in [4.69, 9.17) is 4.74 Å². The van der Waals surface area contributed by atoms with Crippen molar-refractivity contribution >= 4 is 0 Å². The number of rotatable bonds is 3. The summed E-state index contributed by atoms with van der Waals surface area (Å²) >= 11 is 0. The molecule has 12 heavy (non-hydrogen) atoms. The van der Waals surface area contributed by atoms with Gasteiger partial charge in [0.05, 0.1) is 12.2 Å². The highest BCUT2D eigenvalue weighted by atomic mass is 19.1. The van der Waals surface area contributed by atoms with Gasteiger partial charge in [0.1, 0.15) is 6.17 Å². The molecular weight excluding hydrogens is 155 g/mol. The average molecular weight is 174 g/mol. The molecule has 1 rings (SSSR count). The molecule has 0 N–H and O–H groups in total. The van der Waals surface area contributed by atoms with Crippen molar-refractivity contribution in [2.45, 2.75) is 51.8 Å². The Morgan fingerprint density at radius 1 is 1.67 bits per heavy atom. The van der Waals surface area contributed by atoms with Gasteiger partial charge in [-0.2, -0.15) is 0 Å². The standard InChI is InChI=1S/C10H19FO/c1-4-8(2)5-10(3)6-9(11)7-12-10/h8-9H,4-7H2,1-3H3/t8-,9+,10+/m1/s1. The molecule has 0 bridgehead atoms. The lowest BCUT2D eigenvalue weighted by Crippen LogP contribution is -2.26. The van der Waals surface area contributed by atoms with Crippen molar-refractivity contribution in [3.63, 3.8) is 0 Å². The Balaban J connectivity index is 2.39. The molecule has 1 nitrogen and oxygen atoms in total. The van der Waals surface area contributed by atoms with Crippen LogP contribution >= 0.6 is 0 Å². The maximum atomic E-state index is 12.8. The molecule has 1 aliphatic rings. The van der Waals surface area contributed by atoms with Crippen molar-refractivity contribution in [2.24, 2.45) is 5.92 Å². The molecule has 0 saturated carbocycles. The lowest BCUT2D eigenvalue weighted by Gasteiger charge is -2.25. The van der Waals surface area contributed by atoms with Gasteiger partial charge in [0.25, 0.3) is 0 Å². The molecule has 1 saturated heterocycles. The van der Waals surface area contributed by atoms with Crippen LogP contribution in [0.4, 0.5) is 4.39 Å². The van der Waals surface area contributed by atoms with E-state index in [1.54, 1.807) is 0 Å². The third-order valence-corrected chi connectivity index (χ3v) is 2.74. The Labute approximate surface area is 74.3 Å². The highest BCUT2D eigenvalue weighted by Gasteiger charge is 2.36. The maximum Gasteiger partial charge on any atom is 0.126 e. The van der Waals surface area contributed by atoms with Gasteiger partial charge in [0.15, 0.2) is 0 Å². The molecule has 0 aliphatic carbocycles. The SMILES string of the molecule is CC[C@@H](C)C[C@@]1(C)C[C@H](F)CO1. The molecule has 0 aromatic rings. The molecule has 1 fully saturated rings. The van der Waals surface area contributed by atoms with E-state index in [9.17, 15) is 4.39 Å². The topological polar surface area (TPSA) is 9.23 Å². The fraction of sp³-hybridized carbons (Fsp3) is 1.00. The monoisotopic (exact) mass is 174 g/mol. The van der Waals surface area contributed by atoms with Crippen molar-refractivity contribution in [3.8, 4) is 0 Å². The van der Waals surface area contributed by atoms with Crippen LogP contribution in [-0.4, -0.2) is 18.4 Å². The number of halogens is 1. The van der Waals surface area contributed by atoms with Gasteiger partial charge in [0.2, 0.25) is 0 Å². The second kappa shape index (κ2) is 3.73. The van der Waals surface area contributed by atoms with Gasteiger partial charge >= 0.3 is 0 Å². The Hall–Kier alpha value is -0.110. The van der Waals surface area contributed by atoms with Crippen LogP contribution < -0.4 is 0 Å². The molecule has 2 heteroatoms. The largest absolute Gasteiger partial charge is 0.372 e. The lowest BCUT2D eigenvalue weighted by molar-refractivity contribution is 0.000411. The van der Waals surface area contributed by atoms with Gasteiger partial charge in [-0.15, -0.1) is 0 Å². The molecular formula is C10H19FO. The molecule has 0 amide bonds. The molecule has 3 atom stereocenters. The highest BCUT2D eigenvalue weighted by Crippen LogP contribution is 2.33. The second-order valence-corrected chi connectivity index (χ2v) is 4.28. The predicted molar refractivity (Wildman–Crippen MR) is 47.9 cm³/mol. The van der Waals surface area contributed by atoms with Gasteiger partial charge in [-0.3, -0.25) is 0 Å². The zero-order chi connectivity index (χ0) is 9.19. The number of alkyl halides is 1. The Morgan fingerprint density at radius 2 is 2.33 bits per heavy atom. The zero-order valence-electron chi connectivity index (χ0n) is 8.27. The fourth-order valence-electron chi connectivity index (χ4n) is 1.90. The summed E-state index contributed by atoms with van der Waals surface area (Å²) in [6.45, 7) is 6.68. The minimum absolute atomic E-state index is 0.186. The van der Waals surface area contributed by atoms with E-state index < -0.39 is 6.17 Å². The van der Waals surface area contributed by atoms with Crippen LogP contribution in [0.15, 0.2) is 0 Å². The van der Waals surface area contributed by atoms with Crippen molar-refractivity contribution in [2.75, 3.05) is 6.61 Å². The van der Waals surface area contributed by atoms with Crippen LogP contribution in [0.5, 0.6) is 0 Å². The first kappa shape index (κ1) is 9.97. The first-order valence-corrected chi connectivity index (χ1v) is 4.84. The van der Waals surface area contributed by atoms with Crippen molar-refractivity contribution in [1.82, 2.24) is 0 Å². The average Bonchev–Trinajstić information content (AvgIpc) is 2.30. The Bertz CT molecular complexity index is 149. The minimum Gasteiger partial charge on any atom is -0.372 e. The van der Waals surface area contributed by atoms with Crippen molar-refractivity contribution in [1.29, 1.82) is 0 Å². The predicted octanol–water partition coefficient (Wildman–Crippen LogP) is 2.94.